The highest BCUT2D eigenvalue weighted by molar-refractivity contribution is 4.87. The molecule has 96 valence electrons. The standard InChI is InChI=1S/C11H24NO4/c1-3-5-12(4-2)6-9(14)11(16)10(15)8(12)7-13/h8-11,13-16H,3-7H2,1-2H3/q+1. The Labute approximate surface area is 96.5 Å². The molecule has 1 aliphatic heterocycles. The van der Waals surface area contributed by atoms with Gasteiger partial charge in [-0.05, 0) is 13.3 Å². The second-order valence-corrected chi connectivity index (χ2v) is 4.74. The molecule has 0 aliphatic carbocycles. The van der Waals surface area contributed by atoms with Gasteiger partial charge in [0.1, 0.15) is 30.9 Å². The van der Waals surface area contributed by atoms with Crippen molar-refractivity contribution in [1.82, 2.24) is 0 Å². The number of aliphatic hydroxyl groups excluding tert-OH is 4. The molecule has 0 amide bonds. The molecule has 4 N–H and O–H groups in total. The van der Waals surface area contributed by atoms with Crippen LogP contribution in [0, 0.1) is 0 Å². The van der Waals surface area contributed by atoms with Crippen LogP contribution in [0.1, 0.15) is 20.3 Å². The van der Waals surface area contributed by atoms with E-state index in [-0.39, 0.29) is 6.61 Å². The zero-order chi connectivity index (χ0) is 12.3. The lowest BCUT2D eigenvalue weighted by Gasteiger charge is -2.51. The van der Waals surface area contributed by atoms with Crippen molar-refractivity contribution >= 4 is 0 Å². The molecule has 0 saturated carbocycles. The first-order valence-corrected chi connectivity index (χ1v) is 6.03. The van der Waals surface area contributed by atoms with Gasteiger partial charge < -0.3 is 24.9 Å². The molecule has 5 atom stereocenters. The molecule has 5 nitrogen and oxygen atoms in total. The van der Waals surface area contributed by atoms with Crippen molar-refractivity contribution in [2.45, 2.75) is 44.6 Å². The third-order valence-corrected chi connectivity index (χ3v) is 3.88. The smallest absolute Gasteiger partial charge is 0.141 e. The first-order valence-electron chi connectivity index (χ1n) is 6.03. The topological polar surface area (TPSA) is 80.9 Å². The van der Waals surface area contributed by atoms with E-state index in [0.29, 0.717) is 11.0 Å². The van der Waals surface area contributed by atoms with Gasteiger partial charge in [0, 0.05) is 0 Å². The summed E-state index contributed by atoms with van der Waals surface area (Å²) in [5.74, 6) is 0. The summed E-state index contributed by atoms with van der Waals surface area (Å²) in [7, 11) is 0. The molecule has 0 aromatic heterocycles. The molecular formula is C11H24NO4+. The third kappa shape index (κ3) is 2.24. The van der Waals surface area contributed by atoms with Crippen molar-refractivity contribution in [1.29, 1.82) is 0 Å². The van der Waals surface area contributed by atoms with Crippen molar-refractivity contribution in [2.24, 2.45) is 0 Å². The molecule has 1 rings (SSSR count). The first-order chi connectivity index (χ1) is 7.52. The average Bonchev–Trinajstić information content (AvgIpc) is 2.27. The van der Waals surface area contributed by atoms with Crippen LogP contribution >= 0.6 is 0 Å². The zero-order valence-corrected chi connectivity index (χ0v) is 10.1. The van der Waals surface area contributed by atoms with Crippen LogP contribution in [0.25, 0.3) is 0 Å². The zero-order valence-electron chi connectivity index (χ0n) is 10.1. The minimum absolute atomic E-state index is 0.168. The summed E-state index contributed by atoms with van der Waals surface area (Å²) in [6.07, 6.45) is -2.20. The van der Waals surface area contributed by atoms with Crippen LogP contribution in [0.5, 0.6) is 0 Å². The fourth-order valence-electron chi connectivity index (χ4n) is 2.90. The molecular weight excluding hydrogens is 210 g/mol. The lowest BCUT2D eigenvalue weighted by molar-refractivity contribution is -0.962. The number of rotatable bonds is 4. The van der Waals surface area contributed by atoms with E-state index < -0.39 is 24.4 Å². The minimum atomic E-state index is -1.15. The highest BCUT2D eigenvalue weighted by atomic mass is 16.4. The van der Waals surface area contributed by atoms with Gasteiger partial charge in [0.25, 0.3) is 0 Å². The molecule has 0 spiro atoms. The van der Waals surface area contributed by atoms with Crippen LogP contribution in [-0.2, 0) is 0 Å². The van der Waals surface area contributed by atoms with E-state index in [1.165, 1.54) is 0 Å². The molecule has 0 bridgehead atoms. The van der Waals surface area contributed by atoms with Gasteiger partial charge in [0.05, 0.1) is 19.7 Å². The molecule has 0 aromatic rings. The normalized spacial score (nSPS) is 44.6. The maximum absolute atomic E-state index is 9.92. The number of quaternary nitrogens is 1. The Morgan fingerprint density at radius 2 is 1.75 bits per heavy atom. The van der Waals surface area contributed by atoms with E-state index >= 15 is 0 Å². The first kappa shape index (κ1) is 13.9. The van der Waals surface area contributed by atoms with E-state index in [2.05, 4.69) is 0 Å². The average molecular weight is 234 g/mol. The predicted molar refractivity (Wildman–Crippen MR) is 59.7 cm³/mol. The summed E-state index contributed by atoms with van der Waals surface area (Å²) in [6, 6.07) is -0.400. The van der Waals surface area contributed by atoms with Crippen LogP contribution in [0.2, 0.25) is 0 Å². The number of likely N-dealkylation sites (N-methyl/N-ethyl adjacent to an activating group) is 1. The Morgan fingerprint density at radius 3 is 2.19 bits per heavy atom. The van der Waals surface area contributed by atoms with Crippen LogP contribution in [-0.4, -0.2) is 75.5 Å². The molecule has 1 heterocycles. The Balaban J connectivity index is 2.95. The highest BCUT2D eigenvalue weighted by Crippen LogP contribution is 2.27. The molecule has 5 unspecified atom stereocenters. The quantitative estimate of drug-likeness (QED) is 0.455. The van der Waals surface area contributed by atoms with E-state index in [4.69, 9.17) is 0 Å². The predicted octanol–water partition coefficient (Wildman–Crippen LogP) is -1.31. The SMILES string of the molecule is CCC[N+]1(CC)CC(O)C(O)C(O)C1CO. The van der Waals surface area contributed by atoms with Crippen molar-refractivity contribution < 1.29 is 24.9 Å². The van der Waals surface area contributed by atoms with Gasteiger partial charge in [-0.2, -0.15) is 0 Å². The summed E-state index contributed by atoms with van der Waals surface area (Å²) in [6.45, 7) is 5.78. The van der Waals surface area contributed by atoms with Gasteiger partial charge >= 0.3 is 0 Å². The number of aliphatic hydroxyl groups is 4. The van der Waals surface area contributed by atoms with Crippen LogP contribution in [0.15, 0.2) is 0 Å². The van der Waals surface area contributed by atoms with Crippen molar-refractivity contribution in [3.05, 3.63) is 0 Å². The third-order valence-electron chi connectivity index (χ3n) is 3.88. The summed E-state index contributed by atoms with van der Waals surface area (Å²) in [5.41, 5.74) is 0. The van der Waals surface area contributed by atoms with Crippen LogP contribution in [0.3, 0.4) is 0 Å². The fourth-order valence-corrected chi connectivity index (χ4v) is 2.90. The molecule has 16 heavy (non-hydrogen) atoms. The molecule has 0 radical (unpaired) electrons. The second kappa shape index (κ2) is 5.42. The molecule has 0 aromatic carbocycles. The van der Waals surface area contributed by atoms with E-state index in [9.17, 15) is 20.4 Å². The summed E-state index contributed by atoms with van der Waals surface area (Å²) in [5, 5.41) is 38.7. The Kier molecular flexibility index (Phi) is 4.70. The van der Waals surface area contributed by atoms with Gasteiger partial charge in [-0.15, -0.1) is 0 Å². The lowest BCUT2D eigenvalue weighted by atomic mass is 9.90. The second-order valence-electron chi connectivity index (χ2n) is 4.74. The van der Waals surface area contributed by atoms with Gasteiger partial charge in [-0.3, -0.25) is 0 Å². The van der Waals surface area contributed by atoms with E-state index in [1.54, 1.807) is 0 Å². The lowest BCUT2D eigenvalue weighted by Crippen LogP contribution is -2.72. The number of nitrogens with zero attached hydrogens (tertiary/aromatic N) is 1. The maximum atomic E-state index is 9.92. The number of piperidine rings is 1. The van der Waals surface area contributed by atoms with Crippen LogP contribution < -0.4 is 0 Å². The highest BCUT2D eigenvalue weighted by Gasteiger charge is 2.50. The largest absolute Gasteiger partial charge is 0.390 e. The fraction of sp³-hybridized carbons (Fsp3) is 1.00. The monoisotopic (exact) mass is 234 g/mol. The number of likely N-dealkylation sites (tertiary alicyclic amines) is 1. The van der Waals surface area contributed by atoms with E-state index in [0.717, 1.165) is 19.5 Å². The van der Waals surface area contributed by atoms with E-state index in [1.807, 2.05) is 13.8 Å². The van der Waals surface area contributed by atoms with Gasteiger partial charge in [0.2, 0.25) is 0 Å². The number of hydrogen-bond acceptors (Lipinski definition) is 4. The van der Waals surface area contributed by atoms with Gasteiger partial charge in [-0.25, -0.2) is 0 Å². The van der Waals surface area contributed by atoms with Crippen molar-refractivity contribution in [3.63, 3.8) is 0 Å². The van der Waals surface area contributed by atoms with Gasteiger partial charge in [-0.1, -0.05) is 6.92 Å². The minimum Gasteiger partial charge on any atom is -0.390 e. The molecule has 1 saturated heterocycles. The van der Waals surface area contributed by atoms with Crippen molar-refractivity contribution in [3.8, 4) is 0 Å². The Hall–Kier alpha value is -0.200. The van der Waals surface area contributed by atoms with Crippen molar-refractivity contribution in [2.75, 3.05) is 26.2 Å². The Bertz CT molecular complexity index is 226. The summed E-state index contributed by atoms with van der Waals surface area (Å²) >= 11 is 0. The van der Waals surface area contributed by atoms with Crippen LogP contribution in [0.4, 0.5) is 0 Å². The summed E-state index contributed by atoms with van der Waals surface area (Å²) in [4.78, 5) is 0. The molecule has 1 aliphatic rings. The molecule has 1 fully saturated rings. The van der Waals surface area contributed by atoms with Gasteiger partial charge in [0.15, 0.2) is 0 Å². The Morgan fingerprint density at radius 1 is 1.12 bits per heavy atom. The molecule has 5 heteroatoms. The summed E-state index contributed by atoms with van der Waals surface area (Å²) < 4.78 is 0.479. The number of hydrogen-bond donors (Lipinski definition) is 4. The maximum Gasteiger partial charge on any atom is 0.141 e.